The van der Waals surface area contributed by atoms with Crippen molar-refractivity contribution in [3.63, 3.8) is 0 Å². The normalized spacial score (nSPS) is 18.2. The molecule has 0 aliphatic carbocycles. The van der Waals surface area contributed by atoms with Crippen LogP contribution in [0, 0.1) is 13.8 Å². The van der Waals surface area contributed by atoms with Crippen molar-refractivity contribution in [2.45, 2.75) is 52.8 Å². The Bertz CT molecular complexity index is 1210. The minimum atomic E-state index is -4.59. The van der Waals surface area contributed by atoms with E-state index in [0.717, 1.165) is 67.6 Å². The summed E-state index contributed by atoms with van der Waals surface area (Å²) in [4.78, 5) is 40.4. The van der Waals surface area contributed by atoms with Crippen LogP contribution in [0.3, 0.4) is 0 Å². The van der Waals surface area contributed by atoms with Crippen molar-refractivity contribution >= 4 is 29.0 Å². The van der Waals surface area contributed by atoms with E-state index in [4.69, 9.17) is 0 Å². The number of halogens is 3. The topological polar surface area (TPSA) is 63.2 Å². The summed E-state index contributed by atoms with van der Waals surface area (Å²) in [6.07, 6.45) is -4.32. The molecular formula is C30H43F3N6O2. The van der Waals surface area contributed by atoms with Crippen LogP contribution in [-0.4, -0.2) is 93.1 Å². The molecule has 0 N–H and O–H groups in total. The first-order chi connectivity index (χ1) is 19.4. The monoisotopic (exact) mass is 576 g/mol. The van der Waals surface area contributed by atoms with Gasteiger partial charge in [0.15, 0.2) is 0 Å². The van der Waals surface area contributed by atoms with Gasteiger partial charge in [-0.05, 0) is 51.1 Å². The summed E-state index contributed by atoms with van der Waals surface area (Å²) in [5.41, 5.74) is 1.83. The minimum absolute atomic E-state index is 0.0623. The number of carbonyl (C=O) groups is 2. The van der Waals surface area contributed by atoms with Crippen LogP contribution in [0.15, 0.2) is 30.3 Å². The van der Waals surface area contributed by atoms with E-state index >= 15 is 0 Å². The molecule has 0 spiro atoms. The SMILES string of the molecule is CC.Cc1cc(C(F)(F)F)cc(N2C(=O)CC[C@H]2C(=O)N(C)c2cccc(C)c2N(C)CCN2CCN(C)CC2)n1. The lowest BCUT2D eigenvalue weighted by atomic mass is 10.1. The number of carbonyl (C=O) groups excluding carboxylic acids is 2. The summed E-state index contributed by atoms with van der Waals surface area (Å²) < 4.78 is 40.4. The largest absolute Gasteiger partial charge is 0.416 e. The summed E-state index contributed by atoms with van der Waals surface area (Å²) in [5.74, 6) is -0.927. The van der Waals surface area contributed by atoms with Gasteiger partial charge in [0.1, 0.15) is 11.9 Å². The zero-order valence-electron chi connectivity index (χ0n) is 25.3. The van der Waals surface area contributed by atoms with Gasteiger partial charge in [0, 0.05) is 65.5 Å². The number of amides is 2. The van der Waals surface area contributed by atoms with Crippen LogP contribution >= 0.6 is 0 Å². The molecule has 4 rings (SSSR count). The van der Waals surface area contributed by atoms with Crippen LogP contribution in [0.5, 0.6) is 0 Å². The van der Waals surface area contributed by atoms with Crippen LogP contribution < -0.4 is 14.7 Å². The lowest BCUT2D eigenvalue weighted by molar-refractivity contribution is -0.137. The van der Waals surface area contributed by atoms with E-state index < -0.39 is 23.7 Å². The van der Waals surface area contributed by atoms with Crippen molar-refractivity contribution < 1.29 is 22.8 Å². The maximum absolute atomic E-state index is 13.8. The number of aromatic nitrogens is 1. The molecule has 1 atom stereocenters. The average molecular weight is 577 g/mol. The van der Waals surface area contributed by atoms with Gasteiger partial charge in [-0.1, -0.05) is 26.0 Å². The fourth-order valence-corrected chi connectivity index (χ4v) is 5.37. The first kappa shape index (κ1) is 32.3. The Morgan fingerprint density at radius 3 is 2.37 bits per heavy atom. The van der Waals surface area contributed by atoms with Crippen molar-refractivity contribution in [3.05, 3.63) is 47.2 Å². The Kier molecular flexibility index (Phi) is 10.8. The molecule has 2 aliphatic heterocycles. The fourth-order valence-electron chi connectivity index (χ4n) is 5.37. The van der Waals surface area contributed by atoms with Gasteiger partial charge in [-0.25, -0.2) is 4.98 Å². The fraction of sp³-hybridized carbons (Fsp3) is 0.567. The van der Waals surface area contributed by atoms with Gasteiger partial charge >= 0.3 is 6.18 Å². The maximum Gasteiger partial charge on any atom is 0.416 e. The maximum atomic E-state index is 13.8. The van der Waals surface area contributed by atoms with E-state index in [1.807, 2.05) is 46.0 Å². The number of piperazine rings is 1. The predicted molar refractivity (Wildman–Crippen MR) is 158 cm³/mol. The van der Waals surface area contributed by atoms with E-state index in [9.17, 15) is 22.8 Å². The third kappa shape index (κ3) is 7.56. The van der Waals surface area contributed by atoms with E-state index in [-0.39, 0.29) is 30.3 Å². The molecule has 41 heavy (non-hydrogen) atoms. The van der Waals surface area contributed by atoms with Crippen molar-refractivity contribution in [1.29, 1.82) is 0 Å². The Balaban J connectivity index is 0.00000226. The van der Waals surface area contributed by atoms with Crippen LogP contribution in [0.25, 0.3) is 0 Å². The molecule has 8 nitrogen and oxygen atoms in total. The molecule has 0 bridgehead atoms. The molecule has 11 heteroatoms. The van der Waals surface area contributed by atoms with Gasteiger partial charge in [-0.15, -0.1) is 0 Å². The molecule has 2 aliphatic rings. The quantitative estimate of drug-likeness (QED) is 0.481. The molecule has 0 radical (unpaired) electrons. The molecule has 2 saturated heterocycles. The Morgan fingerprint density at radius 2 is 1.73 bits per heavy atom. The number of nitrogens with zero attached hydrogens (tertiary/aromatic N) is 6. The summed E-state index contributed by atoms with van der Waals surface area (Å²) in [5, 5.41) is 0. The Hall–Kier alpha value is -3.18. The van der Waals surface area contributed by atoms with Crippen LogP contribution in [0.1, 0.15) is 43.5 Å². The second-order valence-electron chi connectivity index (χ2n) is 10.6. The smallest absolute Gasteiger partial charge is 0.371 e. The van der Waals surface area contributed by atoms with E-state index in [2.05, 4.69) is 26.7 Å². The highest BCUT2D eigenvalue weighted by atomic mass is 19.4. The molecule has 1 aromatic carbocycles. The van der Waals surface area contributed by atoms with Crippen LogP contribution in [-0.2, 0) is 15.8 Å². The van der Waals surface area contributed by atoms with Crippen molar-refractivity contribution in [2.24, 2.45) is 0 Å². The zero-order chi connectivity index (χ0) is 30.5. The predicted octanol–water partition coefficient (Wildman–Crippen LogP) is 4.59. The number of alkyl halides is 3. The van der Waals surface area contributed by atoms with Crippen LogP contribution in [0.2, 0.25) is 0 Å². The van der Waals surface area contributed by atoms with E-state index in [0.29, 0.717) is 5.69 Å². The number of benzene rings is 1. The number of hydrogen-bond donors (Lipinski definition) is 0. The van der Waals surface area contributed by atoms with Gasteiger partial charge in [-0.2, -0.15) is 13.2 Å². The van der Waals surface area contributed by atoms with Gasteiger partial charge in [0.2, 0.25) is 11.8 Å². The molecule has 0 unspecified atom stereocenters. The van der Waals surface area contributed by atoms with Gasteiger partial charge in [0.05, 0.1) is 16.9 Å². The van der Waals surface area contributed by atoms with Crippen molar-refractivity contribution in [2.75, 3.05) is 75.1 Å². The number of para-hydroxylation sites is 1. The first-order valence-electron chi connectivity index (χ1n) is 14.2. The lowest BCUT2D eigenvalue weighted by Gasteiger charge is -2.35. The third-order valence-corrected chi connectivity index (χ3v) is 7.65. The molecule has 2 amide bonds. The molecule has 1 aromatic heterocycles. The van der Waals surface area contributed by atoms with Crippen LogP contribution in [0.4, 0.5) is 30.4 Å². The lowest BCUT2D eigenvalue weighted by Crippen LogP contribution is -2.47. The summed E-state index contributed by atoms with van der Waals surface area (Å²) in [7, 11) is 5.78. The number of likely N-dealkylation sites (N-methyl/N-ethyl adjacent to an activating group) is 3. The molecule has 2 fully saturated rings. The van der Waals surface area contributed by atoms with Gasteiger partial charge in [-0.3, -0.25) is 19.4 Å². The molecule has 226 valence electrons. The van der Waals surface area contributed by atoms with Gasteiger partial charge < -0.3 is 14.7 Å². The van der Waals surface area contributed by atoms with E-state index in [1.165, 1.54) is 11.8 Å². The highest BCUT2D eigenvalue weighted by Crippen LogP contribution is 2.36. The second-order valence-corrected chi connectivity index (χ2v) is 10.6. The number of hydrogen-bond acceptors (Lipinski definition) is 6. The molecular weight excluding hydrogens is 533 g/mol. The molecule has 3 heterocycles. The van der Waals surface area contributed by atoms with Gasteiger partial charge in [0.25, 0.3) is 0 Å². The molecule has 2 aromatic rings. The summed E-state index contributed by atoms with van der Waals surface area (Å²) in [6.45, 7) is 13.2. The highest BCUT2D eigenvalue weighted by Gasteiger charge is 2.41. The number of aryl methyl sites for hydroxylation is 2. The third-order valence-electron chi connectivity index (χ3n) is 7.65. The average Bonchev–Trinajstić information content (AvgIpc) is 3.33. The van der Waals surface area contributed by atoms with E-state index in [1.54, 1.807) is 7.05 Å². The van der Waals surface area contributed by atoms with Crippen molar-refractivity contribution in [1.82, 2.24) is 14.8 Å². The van der Waals surface area contributed by atoms with Crippen molar-refractivity contribution in [3.8, 4) is 0 Å². The zero-order valence-corrected chi connectivity index (χ0v) is 25.3. The minimum Gasteiger partial charge on any atom is -0.371 e. The number of pyridine rings is 1. The summed E-state index contributed by atoms with van der Waals surface area (Å²) >= 11 is 0. The number of rotatable bonds is 7. The summed E-state index contributed by atoms with van der Waals surface area (Å²) in [6, 6.07) is 6.57. The Morgan fingerprint density at radius 1 is 1.07 bits per heavy atom. The number of anilines is 3. The highest BCUT2D eigenvalue weighted by molar-refractivity contribution is 6.09. The Labute approximate surface area is 241 Å². The first-order valence-corrected chi connectivity index (χ1v) is 14.2. The second kappa shape index (κ2) is 13.7. The molecule has 0 saturated carbocycles. The standard InChI is InChI=1S/C28H37F3N6O2.C2H6/c1-19-7-6-8-22(26(19)34(4)13-16-36-14-11-33(3)12-15-36)35(5)27(39)23-9-10-25(38)37(23)24-18-21(28(29,30)31)17-20(2)32-24;1-2/h6-8,17-18,23H,9-16H2,1-5H3;1-2H3/t23-;/m0./s1.